The van der Waals surface area contributed by atoms with Gasteiger partial charge in [-0.15, -0.1) is 10.2 Å². The number of hydrogen-bond acceptors (Lipinski definition) is 9. The van der Waals surface area contributed by atoms with Crippen molar-refractivity contribution in [2.24, 2.45) is 0 Å². The van der Waals surface area contributed by atoms with Crippen LogP contribution in [0.5, 0.6) is 0 Å². The van der Waals surface area contributed by atoms with Crippen molar-refractivity contribution in [2.45, 2.75) is 36.9 Å². The molecule has 5 rings (SSSR count). The fraction of sp³-hybridized carbons (Fsp3) is 0.250. The second kappa shape index (κ2) is 7.78. The van der Waals surface area contributed by atoms with Gasteiger partial charge in [0.1, 0.15) is 10.7 Å². The number of fused-ring (bicyclic) bond motifs is 1. The van der Waals surface area contributed by atoms with Gasteiger partial charge < -0.3 is 14.7 Å². The quantitative estimate of drug-likeness (QED) is 0.403. The topological polar surface area (TPSA) is 128 Å². The van der Waals surface area contributed by atoms with Gasteiger partial charge in [0.05, 0.1) is 22.9 Å². The molecule has 0 bridgehead atoms. The van der Waals surface area contributed by atoms with Crippen LogP contribution < -0.4 is 10.0 Å². The Morgan fingerprint density at radius 3 is 2.93 bits per heavy atom. The molecule has 1 aliphatic carbocycles. The number of H-pyrrole nitrogens is 1. The van der Waals surface area contributed by atoms with Gasteiger partial charge in [-0.25, -0.2) is 9.97 Å². The van der Waals surface area contributed by atoms with Crippen LogP contribution in [-0.2, 0) is 0 Å². The molecule has 10 heteroatoms. The highest BCUT2D eigenvalue weighted by Gasteiger charge is 2.30. The van der Waals surface area contributed by atoms with Crippen LogP contribution in [0.25, 0.3) is 22.5 Å². The van der Waals surface area contributed by atoms with Gasteiger partial charge in [-0.2, -0.15) is 5.26 Å². The maximum absolute atomic E-state index is 9.00. The van der Waals surface area contributed by atoms with Crippen LogP contribution >= 0.6 is 11.9 Å². The molecule has 150 valence electrons. The smallest absolute Gasteiger partial charge is 0.251 e. The monoisotopic (exact) mass is 418 g/mol. The molecule has 0 aromatic carbocycles. The average Bonchev–Trinajstić information content (AvgIpc) is 3.38. The Kier molecular flexibility index (Phi) is 4.82. The lowest BCUT2D eigenvalue weighted by Crippen LogP contribution is -2.45. The van der Waals surface area contributed by atoms with Gasteiger partial charge in [0.15, 0.2) is 0 Å². The molecule has 0 unspecified atom stereocenters. The fourth-order valence-electron chi connectivity index (χ4n) is 3.45. The summed E-state index contributed by atoms with van der Waals surface area (Å²) in [5.41, 5.74) is 3.17. The molecule has 1 aliphatic rings. The van der Waals surface area contributed by atoms with E-state index in [1.165, 1.54) is 11.9 Å². The van der Waals surface area contributed by atoms with Crippen LogP contribution in [0.15, 0.2) is 46.2 Å². The summed E-state index contributed by atoms with van der Waals surface area (Å²) in [6.45, 7) is 1.77. The fourth-order valence-corrected chi connectivity index (χ4v) is 4.22. The second-order valence-corrected chi connectivity index (χ2v) is 8.00. The maximum atomic E-state index is 9.00. The summed E-state index contributed by atoms with van der Waals surface area (Å²) in [4.78, 5) is 11.9. The Balaban J connectivity index is 1.27. The first-order valence-electron chi connectivity index (χ1n) is 9.51. The summed E-state index contributed by atoms with van der Waals surface area (Å²) in [6.07, 6.45) is 7.20. The van der Waals surface area contributed by atoms with Crippen molar-refractivity contribution in [1.29, 1.82) is 5.26 Å². The maximum Gasteiger partial charge on any atom is 0.251 e. The number of aromatic nitrogens is 5. The summed E-state index contributed by atoms with van der Waals surface area (Å²) >= 11 is 1.46. The molecular weight excluding hydrogens is 400 g/mol. The zero-order valence-electron chi connectivity index (χ0n) is 16.1. The molecule has 0 spiro atoms. The number of rotatable bonds is 6. The van der Waals surface area contributed by atoms with E-state index in [0.717, 1.165) is 40.2 Å². The van der Waals surface area contributed by atoms with E-state index in [2.05, 4.69) is 41.3 Å². The SMILES string of the molecule is Cc1nnc(-c2cnc3[nH]ccc3c2NC2CC(NSc3cc(C#N)ccn3)C2)o1. The van der Waals surface area contributed by atoms with E-state index in [0.29, 0.717) is 29.4 Å². The largest absolute Gasteiger partial charge is 0.421 e. The lowest BCUT2D eigenvalue weighted by Gasteiger charge is -2.37. The van der Waals surface area contributed by atoms with Gasteiger partial charge >= 0.3 is 0 Å². The van der Waals surface area contributed by atoms with Gasteiger partial charge in [-0.05, 0) is 43.0 Å². The lowest BCUT2D eigenvalue weighted by atomic mass is 9.87. The van der Waals surface area contributed by atoms with E-state index >= 15 is 0 Å². The Bertz CT molecular complexity index is 1240. The van der Waals surface area contributed by atoms with Crippen LogP contribution in [0, 0.1) is 18.3 Å². The minimum Gasteiger partial charge on any atom is -0.421 e. The van der Waals surface area contributed by atoms with Crippen molar-refractivity contribution in [2.75, 3.05) is 5.32 Å². The Morgan fingerprint density at radius 2 is 2.13 bits per heavy atom. The van der Waals surface area contributed by atoms with E-state index in [4.69, 9.17) is 9.68 Å². The zero-order chi connectivity index (χ0) is 20.5. The van der Waals surface area contributed by atoms with Crippen molar-refractivity contribution in [3.05, 3.63) is 48.2 Å². The lowest BCUT2D eigenvalue weighted by molar-refractivity contribution is 0.355. The van der Waals surface area contributed by atoms with Crippen molar-refractivity contribution < 1.29 is 4.42 Å². The highest BCUT2D eigenvalue weighted by Crippen LogP contribution is 2.36. The Morgan fingerprint density at radius 1 is 1.23 bits per heavy atom. The standard InChI is InChI=1S/C20H18N8OS/c1-11-26-27-20(29-11)16-10-24-19-15(3-5-23-19)18(16)25-13-7-14(8-13)28-30-17-6-12(9-21)2-4-22-17/h2-6,10,13-14,28H,7-8H2,1H3,(H2,23,24,25). The van der Waals surface area contributed by atoms with Gasteiger partial charge in [0.2, 0.25) is 5.89 Å². The summed E-state index contributed by atoms with van der Waals surface area (Å²) in [6, 6.07) is 8.28. The normalized spacial score (nSPS) is 18.1. The third-order valence-corrected chi connectivity index (χ3v) is 5.91. The number of nitrogens with zero attached hydrogens (tertiary/aromatic N) is 5. The molecule has 4 aromatic rings. The predicted octanol–water partition coefficient (Wildman–Crippen LogP) is 3.43. The number of anilines is 1. The highest BCUT2D eigenvalue weighted by atomic mass is 32.2. The molecule has 1 saturated carbocycles. The first-order chi connectivity index (χ1) is 14.7. The van der Waals surface area contributed by atoms with E-state index in [-0.39, 0.29) is 0 Å². The van der Waals surface area contributed by atoms with Gasteiger partial charge in [-0.1, -0.05) is 0 Å². The van der Waals surface area contributed by atoms with Gasteiger partial charge in [0, 0.05) is 43.0 Å². The van der Waals surface area contributed by atoms with E-state index in [1.54, 1.807) is 31.5 Å². The molecule has 4 aromatic heterocycles. The Labute approximate surface area is 176 Å². The number of nitrogens with one attached hydrogen (secondary N) is 3. The zero-order valence-corrected chi connectivity index (χ0v) is 16.9. The summed E-state index contributed by atoms with van der Waals surface area (Å²) in [5.74, 6) is 0.975. The number of hydrogen-bond donors (Lipinski definition) is 3. The minimum atomic E-state index is 0.310. The molecule has 9 nitrogen and oxygen atoms in total. The van der Waals surface area contributed by atoms with Crippen molar-refractivity contribution in [1.82, 2.24) is 29.9 Å². The van der Waals surface area contributed by atoms with E-state index in [1.807, 2.05) is 12.3 Å². The van der Waals surface area contributed by atoms with Crippen LogP contribution in [0.3, 0.4) is 0 Å². The molecule has 30 heavy (non-hydrogen) atoms. The van der Waals surface area contributed by atoms with Crippen molar-refractivity contribution >= 4 is 28.7 Å². The third-order valence-electron chi connectivity index (χ3n) is 5.02. The number of nitriles is 1. The minimum absolute atomic E-state index is 0.310. The summed E-state index contributed by atoms with van der Waals surface area (Å²) < 4.78 is 9.07. The average molecular weight is 418 g/mol. The van der Waals surface area contributed by atoms with Crippen LogP contribution in [0.4, 0.5) is 5.69 Å². The van der Waals surface area contributed by atoms with Crippen LogP contribution in [0.2, 0.25) is 0 Å². The summed E-state index contributed by atoms with van der Waals surface area (Å²) in [7, 11) is 0. The number of aryl methyl sites for hydroxylation is 1. The van der Waals surface area contributed by atoms with Crippen molar-refractivity contribution in [3.63, 3.8) is 0 Å². The molecule has 0 amide bonds. The van der Waals surface area contributed by atoms with Gasteiger partial charge in [0.25, 0.3) is 5.89 Å². The second-order valence-electron chi connectivity index (χ2n) is 7.14. The van der Waals surface area contributed by atoms with Gasteiger partial charge in [-0.3, -0.25) is 4.72 Å². The molecule has 0 aliphatic heterocycles. The van der Waals surface area contributed by atoms with E-state index in [9.17, 15) is 0 Å². The Hall–Kier alpha value is -3.42. The number of pyridine rings is 2. The molecule has 0 radical (unpaired) electrons. The molecule has 4 heterocycles. The molecule has 0 atom stereocenters. The first kappa shape index (κ1) is 18.6. The molecular formula is C20H18N8OS. The number of aromatic amines is 1. The summed E-state index contributed by atoms with van der Waals surface area (Å²) in [5, 5.41) is 22.5. The predicted molar refractivity (Wildman–Crippen MR) is 113 cm³/mol. The third kappa shape index (κ3) is 3.60. The highest BCUT2D eigenvalue weighted by molar-refractivity contribution is 7.97. The molecule has 3 N–H and O–H groups in total. The molecule has 1 fully saturated rings. The molecule has 0 saturated heterocycles. The van der Waals surface area contributed by atoms with E-state index < -0.39 is 0 Å². The first-order valence-corrected chi connectivity index (χ1v) is 10.3. The van der Waals surface area contributed by atoms with Crippen LogP contribution in [-0.4, -0.2) is 37.2 Å². The van der Waals surface area contributed by atoms with Crippen molar-refractivity contribution in [3.8, 4) is 17.5 Å². The van der Waals surface area contributed by atoms with Crippen LogP contribution in [0.1, 0.15) is 24.3 Å².